The van der Waals surface area contributed by atoms with Crippen molar-refractivity contribution >= 4 is 23.7 Å². The summed E-state index contributed by atoms with van der Waals surface area (Å²) in [4.78, 5) is 15.8. The molecule has 1 saturated heterocycles. The van der Waals surface area contributed by atoms with E-state index in [0.717, 1.165) is 0 Å². The average molecular weight is 282 g/mol. The first-order chi connectivity index (χ1) is 9.40. The Morgan fingerprint density at radius 1 is 1.25 bits per heavy atom. The topological polar surface area (TPSA) is 171 Å². The van der Waals surface area contributed by atoms with E-state index in [2.05, 4.69) is 20.0 Å². The van der Waals surface area contributed by atoms with Crippen LogP contribution >= 0.6 is 0 Å². The Balaban J connectivity index is 1.90. The van der Waals surface area contributed by atoms with Gasteiger partial charge in [-0.3, -0.25) is 5.73 Å². The molecule has 108 valence electrons. The number of aliphatic imine (C=N–C) groups is 4. The molecule has 10 nitrogen and oxygen atoms in total. The lowest BCUT2D eigenvalue weighted by atomic mass is 9.99. The third-order valence-electron chi connectivity index (χ3n) is 3.26. The third kappa shape index (κ3) is 1.94. The Kier molecular flexibility index (Phi) is 2.92. The van der Waals surface area contributed by atoms with Gasteiger partial charge in [-0.05, 0) is 0 Å². The van der Waals surface area contributed by atoms with Crippen LogP contribution in [0, 0.1) is 0 Å². The summed E-state index contributed by atoms with van der Waals surface area (Å²) in [6, 6.07) is 0. The Morgan fingerprint density at radius 3 is 2.75 bits per heavy atom. The summed E-state index contributed by atoms with van der Waals surface area (Å²) in [7, 11) is 0. The molecule has 0 radical (unpaired) electrons. The number of rotatable bonds is 1. The normalized spacial score (nSPS) is 43.7. The summed E-state index contributed by atoms with van der Waals surface area (Å²) in [6.07, 6.45) is -3.56. The second-order valence-corrected chi connectivity index (χ2v) is 4.72. The Bertz CT molecular complexity index is 558. The fourth-order valence-electron chi connectivity index (χ4n) is 2.16. The molecule has 5 unspecified atom stereocenters. The Hall–Kier alpha value is -1.72. The standard InChI is InChI=1S/C10H14N6O4/c11-9-13-1-4-10(12,16-9)15-8(14-4)7-6(19)5(18)3(17)2-20-7/h1,3,5-7,17-19H,2,12H2,(H2,11,16). The number of aliphatic hydroxyl groups excluding tert-OH is 3. The number of nitrogens with zero attached hydrogens (tertiary/aromatic N) is 4. The Morgan fingerprint density at radius 2 is 2.00 bits per heavy atom. The largest absolute Gasteiger partial charge is 0.388 e. The van der Waals surface area contributed by atoms with Gasteiger partial charge in [-0.2, -0.15) is 4.99 Å². The number of guanidine groups is 1. The van der Waals surface area contributed by atoms with Crippen molar-refractivity contribution in [3.05, 3.63) is 0 Å². The van der Waals surface area contributed by atoms with E-state index in [-0.39, 0.29) is 24.1 Å². The van der Waals surface area contributed by atoms with E-state index < -0.39 is 30.2 Å². The van der Waals surface area contributed by atoms with Gasteiger partial charge in [0.05, 0.1) is 12.8 Å². The molecule has 3 rings (SSSR count). The van der Waals surface area contributed by atoms with E-state index in [9.17, 15) is 15.3 Å². The summed E-state index contributed by atoms with van der Waals surface area (Å²) in [5.41, 5.74) is 11.7. The van der Waals surface area contributed by atoms with Crippen LogP contribution in [0.15, 0.2) is 20.0 Å². The molecule has 7 N–H and O–H groups in total. The van der Waals surface area contributed by atoms with E-state index >= 15 is 0 Å². The first kappa shape index (κ1) is 13.3. The first-order valence-electron chi connectivity index (χ1n) is 5.94. The second kappa shape index (κ2) is 4.40. The fourth-order valence-corrected chi connectivity index (χ4v) is 2.16. The maximum atomic E-state index is 9.92. The van der Waals surface area contributed by atoms with Gasteiger partial charge >= 0.3 is 0 Å². The van der Waals surface area contributed by atoms with Crippen LogP contribution in [0.2, 0.25) is 0 Å². The van der Waals surface area contributed by atoms with Crippen LogP contribution in [0.25, 0.3) is 0 Å². The van der Waals surface area contributed by atoms with Gasteiger partial charge in [-0.1, -0.05) is 0 Å². The number of amidine groups is 1. The molecule has 0 aliphatic carbocycles. The maximum absolute atomic E-state index is 9.92. The van der Waals surface area contributed by atoms with Crippen molar-refractivity contribution in [2.45, 2.75) is 30.2 Å². The predicted molar refractivity (Wildman–Crippen MR) is 69.7 cm³/mol. The highest BCUT2D eigenvalue weighted by Gasteiger charge is 2.45. The van der Waals surface area contributed by atoms with E-state index in [1.807, 2.05) is 0 Å². The molecule has 0 aromatic rings. The van der Waals surface area contributed by atoms with Crippen molar-refractivity contribution in [3.8, 4) is 0 Å². The predicted octanol–water partition coefficient (Wildman–Crippen LogP) is -3.67. The number of fused-ring (bicyclic) bond motifs is 1. The molecule has 0 bridgehead atoms. The minimum Gasteiger partial charge on any atom is -0.388 e. The van der Waals surface area contributed by atoms with E-state index in [1.54, 1.807) is 0 Å². The first-order valence-corrected chi connectivity index (χ1v) is 5.94. The van der Waals surface area contributed by atoms with Gasteiger partial charge in [0.25, 0.3) is 5.79 Å². The summed E-state index contributed by atoms with van der Waals surface area (Å²) in [5, 5.41) is 29.0. The fraction of sp³-hybridized carbons (Fsp3) is 0.600. The van der Waals surface area contributed by atoms with Crippen molar-refractivity contribution < 1.29 is 20.1 Å². The van der Waals surface area contributed by atoms with Crippen molar-refractivity contribution in [3.63, 3.8) is 0 Å². The van der Waals surface area contributed by atoms with Crippen molar-refractivity contribution in [1.82, 2.24) is 0 Å². The molecule has 0 saturated carbocycles. The zero-order valence-corrected chi connectivity index (χ0v) is 10.3. The summed E-state index contributed by atoms with van der Waals surface area (Å²) in [5.74, 6) is -1.44. The van der Waals surface area contributed by atoms with Crippen LogP contribution in [0.5, 0.6) is 0 Å². The highest BCUT2D eigenvalue weighted by molar-refractivity contribution is 6.41. The van der Waals surface area contributed by atoms with Gasteiger partial charge in [0.1, 0.15) is 30.1 Å². The molecule has 0 aromatic carbocycles. The molecule has 0 amide bonds. The van der Waals surface area contributed by atoms with Gasteiger partial charge in [-0.25, -0.2) is 15.0 Å². The smallest absolute Gasteiger partial charge is 0.253 e. The summed E-state index contributed by atoms with van der Waals surface area (Å²) >= 11 is 0. The zero-order valence-electron chi connectivity index (χ0n) is 10.3. The SMILES string of the molecule is NC1=NC2(N)N=C(C3OCC(O)C(O)C3O)N=C2C=N1. The lowest BCUT2D eigenvalue weighted by Crippen LogP contribution is -2.55. The van der Waals surface area contributed by atoms with Crippen molar-refractivity contribution in [1.29, 1.82) is 0 Å². The van der Waals surface area contributed by atoms with Crippen molar-refractivity contribution in [2.75, 3.05) is 6.61 Å². The van der Waals surface area contributed by atoms with Crippen LogP contribution in [-0.2, 0) is 4.74 Å². The molecule has 0 spiro atoms. The molecule has 1 fully saturated rings. The quantitative estimate of drug-likeness (QED) is 0.331. The minimum absolute atomic E-state index is 0.0305. The second-order valence-electron chi connectivity index (χ2n) is 4.72. The number of hydrogen-bond acceptors (Lipinski definition) is 10. The molecule has 3 heterocycles. The molecule has 20 heavy (non-hydrogen) atoms. The molecular weight excluding hydrogens is 268 g/mol. The Labute approximate surface area is 113 Å². The van der Waals surface area contributed by atoms with Gasteiger partial charge in [0.15, 0.2) is 5.84 Å². The maximum Gasteiger partial charge on any atom is 0.253 e. The van der Waals surface area contributed by atoms with Gasteiger partial charge in [-0.15, -0.1) is 0 Å². The van der Waals surface area contributed by atoms with Gasteiger partial charge < -0.3 is 25.8 Å². The number of ether oxygens (including phenoxy) is 1. The van der Waals surface area contributed by atoms with Crippen LogP contribution in [0.4, 0.5) is 0 Å². The molecule has 10 heteroatoms. The molecular formula is C10H14N6O4. The average Bonchev–Trinajstić information content (AvgIpc) is 2.72. The monoisotopic (exact) mass is 282 g/mol. The highest BCUT2D eigenvalue weighted by atomic mass is 16.5. The number of aliphatic hydroxyl groups is 3. The van der Waals surface area contributed by atoms with Crippen molar-refractivity contribution in [2.24, 2.45) is 31.4 Å². The molecule has 0 aromatic heterocycles. The van der Waals surface area contributed by atoms with E-state index in [1.165, 1.54) is 6.21 Å². The van der Waals surface area contributed by atoms with Crippen LogP contribution in [0.3, 0.4) is 0 Å². The van der Waals surface area contributed by atoms with Gasteiger partial charge in [0.2, 0.25) is 5.96 Å². The summed E-state index contributed by atoms with van der Waals surface area (Å²) in [6.45, 7) is -0.149. The minimum atomic E-state index is -1.48. The molecule has 5 atom stereocenters. The molecule has 3 aliphatic heterocycles. The number of hydrogen-bond donors (Lipinski definition) is 5. The highest BCUT2D eigenvalue weighted by Crippen LogP contribution is 2.24. The molecule has 3 aliphatic rings. The number of nitrogens with two attached hydrogens (primary N) is 2. The zero-order chi connectivity index (χ0) is 14.5. The van der Waals surface area contributed by atoms with Gasteiger partial charge in [0, 0.05) is 0 Å². The lowest BCUT2D eigenvalue weighted by molar-refractivity contribution is -0.167. The van der Waals surface area contributed by atoms with Crippen LogP contribution in [-0.4, -0.2) is 75.9 Å². The van der Waals surface area contributed by atoms with E-state index in [4.69, 9.17) is 16.2 Å². The third-order valence-corrected chi connectivity index (χ3v) is 3.26. The van der Waals surface area contributed by atoms with Crippen LogP contribution < -0.4 is 11.5 Å². The van der Waals surface area contributed by atoms with E-state index in [0.29, 0.717) is 0 Å². The lowest BCUT2D eigenvalue weighted by Gasteiger charge is -2.34. The van der Waals surface area contributed by atoms with Crippen LogP contribution in [0.1, 0.15) is 0 Å². The summed E-state index contributed by atoms with van der Waals surface area (Å²) < 4.78 is 5.26.